The molecule has 7 nitrogen and oxygen atoms in total. The van der Waals surface area contributed by atoms with Gasteiger partial charge in [-0.05, 0) is 66.4 Å². The summed E-state index contributed by atoms with van der Waals surface area (Å²) >= 11 is 0. The van der Waals surface area contributed by atoms with Crippen molar-refractivity contribution in [3.8, 4) is 90.6 Å². The number of nitrogens with zero attached hydrogens (tertiary/aromatic N) is 6. The molecule has 7 heteroatoms. The Morgan fingerprint density at radius 1 is 0.286 bits per heavy atom. The molecular formula is C56H38N6O. The minimum atomic E-state index is 0.619. The van der Waals surface area contributed by atoms with Crippen molar-refractivity contribution in [1.29, 1.82) is 0 Å². The molecule has 63 heavy (non-hydrogen) atoms. The lowest BCUT2D eigenvalue weighted by Crippen LogP contribution is -2.00. The first kappa shape index (κ1) is 37.6. The van der Waals surface area contributed by atoms with Gasteiger partial charge in [-0.2, -0.15) is 0 Å². The largest absolute Gasteiger partial charge is 0.456 e. The van der Waals surface area contributed by atoms with Gasteiger partial charge in [-0.15, -0.1) is 0 Å². The number of fused-ring (bicyclic) bond motifs is 3. The standard InChI is InChI=1S/C56H38N6O/c1-35-12-9-18-44(32-35)55-59-51(39-14-5-3-6-15-39)57-53(61-55)41-26-22-37(23-27-41)43-30-31-48-47(34-43)50-46(20-11-21-49(50)63-48)38-24-28-42(29-25-38)54-58-52(40-16-7-4-8-17-40)60-56(62-54)45-19-10-13-36(2)33-45/h3-34H,1-2H3. The molecule has 0 saturated heterocycles. The van der Waals surface area contributed by atoms with Crippen molar-refractivity contribution in [1.82, 2.24) is 29.9 Å². The second-order valence-corrected chi connectivity index (χ2v) is 15.7. The summed E-state index contributed by atoms with van der Waals surface area (Å²) in [7, 11) is 0. The second-order valence-electron chi connectivity index (χ2n) is 15.7. The first-order valence-electron chi connectivity index (χ1n) is 20.9. The summed E-state index contributed by atoms with van der Waals surface area (Å²) in [5.74, 6) is 3.80. The molecule has 3 aromatic heterocycles. The zero-order valence-corrected chi connectivity index (χ0v) is 34.6. The third-order valence-corrected chi connectivity index (χ3v) is 11.3. The molecule has 0 aliphatic rings. The summed E-state index contributed by atoms with van der Waals surface area (Å²) in [6, 6.07) is 66.2. The highest BCUT2D eigenvalue weighted by Gasteiger charge is 2.17. The van der Waals surface area contributed by atoms with E-state index >= 15 is 0 Å². The van der Waals surface area contributed by atoms with Gasteiger partial charge in [-0.3, -0.25) is 0 Å². The summed E-state index contributed by atoms with van der Waals surface area (Å²) in [4.78, 5) is 29.6. The molecule has 0 atom stereocenters. The predicted molar refractivity (Wildman–Crippen MR) is 253 cm³/mol. The van der Waals surface area contributed by atoms with E-state index in [9.17, 15) is 0 Å². The Morgan fingerprint density at radius 2 is 0.683 bits per heavy atom. The third-order valence-electron chi connectivity index (χ3n) is 11.3. The molecule has 3 heterocycles. The number of hydrogen-bond donors (Lipinski definition) is 0. The van der Waals surface area contributed by atoms with Crippen LogP contribution in [-0.2, 0) is 0 Å². The molecule has 0 amide bonds. The minimum absolute atomic E-state index is 0.619. The van der Waals surface area contributed by atoms with E-state index in [2.05, 4.69) is 117 Å². The number of aryl methyl sites for hydroxylation is 2. The number of hydrogen-bond acceptors (Lipinski definition) is 7. The fraction of sp³-hybridized carbons (Fsp3) is 0.0357. The molecule has 0 unspecified atom stereocenters. The molecule has 0 bridgehead atoms. The Balaban J connectivity index is 0.938. The Labute approximate surface area is 364 Å². The van der Waals surface area contributed by atoms with E-state index in [0.717, 1.165) is 88.7 Å². The van der Waals surface area contributed by atoms with Crippen molar-refractivity contribution in [2.75, 3.05) is 0 Å². The molecule has 0 saturated carbocycles. The van der Waals surface area contributed by atoms with Crippen molar-refractivity contribution >= 4 is 21.9 Å². The third kappa shape index (κ3) is 7.42. The maximum atomic E-state index is 6.45. The second kappa shape index (κ2) is 15.9. The van der Waals surface area contributed by atoms with E-state index in [1.165, 1.54) is 0 Å². The van der Waals surface area contributed by atoms with Crippen LogP contribution in [0.3, 0.4) is 0 Å². The molecule has 0 radical (unpaired) electrons. The van der Waals surface area contributed by atoms with Gasteiger partial charge in [-0.1, -0.05) is 175 Å². The first-order valence-corrected chi connectivity index (χ1v) is 20.9. The van der Waals surface area contributed by atoms with Crippen LogP contribution in [0.4, 0.5) is 0 Å². The van der Waals surface area contributed by atoms with E-state index < -0.39 is 0 Å². The van der Waals surface area contributed by atoms with Crippen LogP contribution >= 0.6 is 0 Å². The van der Waals surface area contributed by atoms with Crippen LogP contribution in [0.2, 0.25) is 0 Å². The molecule has 11 aromatic rings. The van der Waals surface area contributed by atoms with E-state index in [1.807, 2.05) is 91.0 Å². The number of aromatic nitrogens is 6. The van der Waals surface area contributed by atoms with Crippen LogP contribution in [0.5, 0.6) is 0 Å². The number of benzene rings is 8. The Hall–Kier alpha value is -8.42. The van der Waals surface area contributed by atoms with E-state index in [-0.39, 0.29) is 0 Å². The van der Waals surface area contributed by atoms with Crippen LogP contribution in [0.15, 0.2) is 199 Å². The molecule has 0 fully saturated rings. The summed E-state index contributed by atoms with van der Waals surface area (Å²) in [5, 5.41) is 2.11. The van der Waals surface area contributed by atoms with Crippen molar-refractivity contribution < 1.29 is 4.42 Å². The summed E-state index contributed by atoms with van der Waals surface area (Å²) in [5.41, 5.74) is 13.9. The van der Waals surface area contributed by atoms with E-state index in [0.29, 0.717) is 34.9 Å². The van der Waals surface area contributed by atoms with Gasteiger partial charge < -0.3 is 4.42 Å². The fourth-order valence-electron chi connectivity index (χ4n) is 8.13. The minimum Gasteiger partial charge on any atom is -0.456 e. The van der Waals surface area contributed by atoms with Crippen LogP contribution in [0.1, 0.15) is 11.1 Å². The molecule has 0 spiro atoms. The number of rotatable bonds is 8. The van der Waals surface area contributed by atoms with Crippen LogP contribution < -0.4 is 0 Å². The summed E-state index contributed by atoms with van der Waals surface area (Å²) < 4.78 is 6.45. The summed E-state index contributed by atoms with van der Waals surface area (Å²) in [6.07, 6.45) is 0. The van der Waals surface area contributed by atoms with Gasteiger partial charge >= 0.3 is 0 Å². The Morgan fingerprint density at radius 3 is 1.17 bits per heavy atom. The highest BCUT2D eigenvalue weighted by Crippen LogP contribution is 2.39. The van der Waals surface area contributed by atoms with Gasteiger partial charge in [0.25, 0.3) is 0 Å². The lowest BCUT2D eigenvalue weighted by molar-refractivity contribution is 0.669. The Kier molecular flexibility index (Phi) is 9.47. The maximum Gasteiger partial charge on any atom is 0.164 e. The molecule has 0 aliphatic carbocycles. The van der Waals surface area contributed by atoms with Crippen molar-refractivity contribution in [2.24, 2.45) is 0 Å². The zero-order chi connectivity index (χ0) is 42.3. The quantitative estimate of drug-likeness (QED) is 0.151. The molecule has 11 rings (SSSR count). The van der Waals surface area contributed by atoms with Gasteiger partial charge in [0.1, 0.15) is 11.2 Å². The lowest BCUT2D eigenvalue weighted by Gasteiger charge is -2.10. The molecular weight excluding hydrogens is 773 g/mol. The topological polar surface area (TPSA) is 90.5 Å². The van der Waals surface area contributed by atoms with Crippen molar-refractivity contribution in [2.45, 2.75) is 13.8 Å². The predicted octanol–water partition coefficient (Wildman–Crippen LogP) is 13.9. The fourth-order valence-corrected chi connectivity index (χ4v) is 8.13. The maximum absolute atomic E-state index is 6.45. The van der Waals surface area contributed by atoms with Crippen molar-refractivity contribution in [3.05, 3.63) is 205 Å². The highest BCUT2D eigenvalue weighted by atomic mass is 16.3. The van der Waals surface area contributed by atoms with E-state index in [4.69, 9.17) is 34.3 Å². The highest BCUT2D eigenvalue weighted by molar-refractivity contribution is 6.13. The van der Waals surface area contributed by atoms with Gasteiger partial charge in [0.2, 0.25) is 0 Å². The first-order chi connectivity index (χ1) is 31.0. The van der Waals surface area contributed by atoms with Crippen LogP contribution in [0.25, 0.3) is 113 Å². The molecule has 8 aromatic carbocycles. The zero-order valence-electron chi connectivity index (χ0n) is 34.6. The SMILES string of the molecule is Cc1cccc(-c2nc(-c3ccccc3)nc(-c3ccc(-c4ccc5oc6cccc(-c7ccc(-c8nc(-c9ccccc9)nc(-c9cccc(C)c9)n8)cc7)c6c5c4)cc3)n2)c1. The van der Waals surface area contributed by atoms with Crippen LogP contribution in [0, 0.1) is 13.8 Å². The number of furan rings is 1. The van der Waals surface area contributed by atoms with Crippen molar-refractivity contribution in [3.63, 3.8) is 0 Å². The average Bonchev–Trinajstić information content (AvgIpc) is 3.73. The molecule has 298 valence electrons. The van der Waals surface area contributed by atoms with Gasteiger partial charge in [0.05, 0.1) is 0 Å². The van der Waals surface area contributed by atoms with Gasteiger partial charge in [0.15, 0.2) is 34.9 Å². The molecule has 0 aliphatic heterocycles. The van der Waals surface area contributed by atoms with Gasteiger partial charge in [0, 0.05) is 44.2 Å². The lowest BCUT2D eigenvalue weighted by atomic mass is 9.96. The smallest absolute Gasteiger partial charge is 0.164 e. The normalized spacial score (nSPS) is 11.3. The van der Waals surface area contributed by atoms with Crippen LogP contribution in [-0.4, -0.2) is 29.9 Å². The Bertz CT molecular complexity index is 3460. The average molecular weight is 811 g/mol. The summed E-state index contributed by atoms with van der Waals surface area (Å²) in [6.45, 7) is 4.15. The van der Waals surface area contributed by atoms with Gasteiger partial charge in [-0.25, -0.2) is 29.9 Å². The van der Waals surface area contributed by atoms with E-state index in [1.54, 1.807) is 0 Å². The monoisotopic (exact) mass is 810 g/mol. The molecule has 0 N–H and O–H groups in total.